The molecule has 6 aliphatic carbocycles. The van der Waals surface area contributed by atoms with Gasteiger partial charge in [-0.1, -0.05) is 74.9 Å². The first kappa shape index (κ1) is 39.0. The molecule has 0 radical (unpaired) electrons. The molecule has 6 aliphatic rings. The van der Waals surface area contributed by atoms with E-state index in [0.29, 0.717) is 48.1 Å². The monoisotopic (exact) mass is 750 g/mol. The van der Waals surface area contributed by atoms with Gasteiger partial charge in [-0.15, -0.1) is 11.3 Å². The molecule has 1 heterocycles. The average molecular weight is 751 g/mol. The van der Waals surface area contributed by atoms with Gasteiger partial charge in [0.1, 0.15) is 0 Å². The Morgan fingerprint density at radius 3 is 2.46 bits per heavy atom. The van der Waals surface area contributed by atoms with Gasteiger partial charge in [-0.25, -0.2) is 4.79 Å². The number of benzene rings is 2. The number of hydrogen-bond donors (Lipinski definition) is 3. The van der Waals surface area contributed by atoms with E-state index in [-0.39, 0.29) is 35.7 Å². The van der Waals surface area contributed by atoms with Gasteiger partial charge in [-0.2, -0.15) is 0 Å². The van der Waals surface area contributed by atoms with Crippen LogP contribution in [0.2, 0.25) is 0 Å². The van der Waals surface area contributed by atoms with Crippen molar-refractivity contribution in [2.75, 3.05) is 13.1 Å². The Morgan fingerprint density at radius 2 is 1.76 bits per heavy atom. The summed E-state index contributed by atoms with van der Waals surface area (Å²) in [6.45, 7) is 14.1. The van der Waals surface area contributed by atoms with Gasteiger partial charge in [0.05, 0.1) is 29.2 Å². The summed E-state index contributed by atoms with van der Waals surface area (Å²) >= 11 is 1.52. The Hall–Kier alpha value is -3.26. The molecular weight excluding hydrogens is 689 g/mol. The Bertz CT molecular complexity index is 1860. The molecule has 7 heteroatoms. The number of carbonyl (C=O) groups excluding carboxylic acids is 2. The number of fused-ring (bicyclic) bond motifs is 10. The van der Waals surface area contributed by atoms with Crippen LogP contribution in [0.1, 0.15) is 141 Å². The molecule has 0 spiro atoms. The maximum Gasteiger partial charge on any atom is 0.317 e. The standard InChI is InChI=1S/C47H62N2O4S/c1-30-11-10-23-46(6)40(38-20-16-33(25-37(50)19-14-30)26-39(38)43(51)42-21-15-31(2)54-42)22-24-47(46,53)29-49(28-35-17-18-36-27-41(35)45(36,4)5)44(52)48-32(3)34-12-8-7-9-13-34/h7-9,11-13,15-16,20-21,26,32,35-37,40-41,50,53H,10,14,17-19,22-25,27-29H2,1-6H3,(H,48,52)/t32-,35+,36+,37+,40+,41+,46+,47-/m1/s1. The second kappa shape index (κ2) is 15.3. The maximum atomic E-state index is 14.6. The van der Waals surface area contributed by atoms with Gasteiger partial charge < -0.3 is 20.4 Å². The fourth-order valence-electron chi connectivity index (χ4n) is 11.0. The molecule has 4 bridgehead atoms. The minimum atomic E-state index is -1.18. The van der Waals surface area contributed by atoms with E-state index in [1.165, 1.54) is 29.8 Å². The normalized spacial score (nSPS) is 31.0. The summed E-state index contributed by atoms with van der Waals surface area (Å²) in [6.07, 6.45) is 10.1. The fraction of sp³-hybridized carbons (Fsp3) is 0.574. The van der Waals surface area contributed by atoms with E-state index in [0.717, 1.165) is 59.6 Å². The number of thiophene rings is 1. The zero-order chi connectivity index (χ0) is 38.4. The van der Waals surface area contributed by atoms with E-state index in [4.69, 9.17) is 0 Å². The molecular formula is C47H62N2O4S. The maximum absolute atomic E-state index is 14.6. The lowest BCUT2D eigenvalue weighted by atomic mass is 9.45. The van der Waals surface area contributed by atoms with Gasteiger partial charge in [0.15, 0.2) is 0 Å². The van der Waals surface area contributed by atoms with Crippen molar-refractivity contribution in [2.45, 2.75) is 129 Å². The molecule has 3 aromatic rings. The third-order valence-electron chi connectivity index (χ3n) is 14.7. The van der Waals surface area contributed by atoms with Crippen molar-refractivity contribution >= 4 is 23.2 Å². The van der Waals surface area contributed by atoms with Crippen molar-refractivity contribution in [1.29, 1.82) is 0 Å². The predicted molar refractivity (Wildman–Crippen MR) is 219 cm³/mol. The number of rotatable bonds is 8. The fourth-order valence-corrected chi connectivity index (χ4v) is 11.8. The summed E-state index contributed by atoms with van der Waals surface area (Å²) in [7, 11) is 0. The van der Waals surface area contributed by atoms with Crippen LogP contribution in [0, 0.1) is 35.5 Å². The first-order valence-electron chi connectivity index (χ1n) is 20.6. The second-order valence-electron chi connectivity index (χ2n) is 18.3. The van der Waals surface area contributed by atoms with Crippen molar-refractivity contribution in [3.05, 3.63) is 104 Å². The number of nitrogens with one attached hydrogen (secondary N) is 1. The molecule has 4 fully saturated rings. The summed E-state index contributed by atoms with van der Waals surface area (Å²) < 4.78 is 0. The Kier molecular flexibility index (Phi) is 11.1. The van der Waals surface area contributed by atoms with Gasteiger partial charge in [-0.3, -0.25) is 4.79 Å². The largest absolute Gasteiger partial charge is 0.393 e. The molecule has 0 saturated heterocycles. The summed E-state index contributed by atoms with van der Waals surface area (Å²) in [6, 6.07) is 20.0. The minimum absolute atomic E-state index is 0.00897. The number of amides is 2. The number of hydrogen-bond acceptors (Lipinski definition) is 5. The lowest BCUT2D eigenvalue weighted by molar-refractivity contribution is -0.118. The average Bonchev–Trinajstić information content (AvgIpc) is 3.69. The van der Waals surface area contributed by atoms with Gasteiger partial charge in [0.25, 0.3) is 0 Å². The highest BCUT2D eigenvalue weighted by atomic mass is 32.1. The van der Waals surface area contributed by atoms with Gasteiger partial charge in [0.2, 0.25) is 5.78 Å². The zero-order valence-electron chi connectivity index (χ0n) is 33.4. The number of aryl methyl sites for hydroxylation is 1. The lowest BCUT2D eigenvalue weighted by Gasteiger charge is -2.60. The molecule has 2 amide bonds. The quantitative estimate of drug-likeness (QED) is 0.158. The Morgan fingerprint density at radius 1 is 0.981 bits per heavy atom. The summed E-state index contributed by atoms with van der Waals surface area (Å²) in [5.74, 6) is 1.66. The molecule has 0 aliphatic heterocycles. The van der Waals surface area contributed by atoms with Crippen molar-refractivity contribution in [3.63, 3.8) is 0 Å². The number of allylic oxidation sites excluding steroid dienone is 2. The molecule has 9 rings (SSSR count). The Balaban J connectivity index is 1.26. The van der Waals surface area contributed by atoms with Crippen LogP contribution in [-0.2, 0) is 6.42 Å². The SMILES string of the molecule is CC1=CCC[C@@]2(C)[C@@H](CC[C@@]2(O)CN(C[C@@H]2CC[C@H]3C[C@@H]2C3(C)C)C(=O)N[C@H](C)c2ccccc2)c2ccc(cc2C(=O)c2ccc(C)s2)C[C@@H](O)CC1. The number of aliphatic hydroxyl groups is 2. The molecule has 3 N–H and O–H groups in total. The van der Waals surface area contributed by atoms with Crippen LogP contribution in [0.3, 0.4) is 0 Å². The highest BCUT2D eigenvalue weighted by Crippen LogP contribution is 2.62. The van der Waals surface area contributed by atoms with E-state index >= 15 is 0 Å². The summed E-state index contributed by atoms with van der Waals surface area (Å²) in [5, 5.41) is 27.6. The van der Waals surface area contributed by atoms with Gasteiger partial charge in [0, 0.05) is 22.4 Å². The van der Waals surface area contributed by atoms with E-state index in [9.17, 15) is 19.8 Å². The van der Waals surface area contributed by atoms with Crippen molar-refractivity contribution < 1.29 is 19.8 Å². The number of ketones is 1. The zero-order valence-corrected chi connectivity index (χ0v) is 34.2. The van der Waals surface area contributed by atoms with Crippen LogP contribution in [0.4, 0.5) is 4.79 Å². The predicted octanol–water partition coefficient (Wildman–Crippen LogP) is 10.2. The van der Waals surface area contributed by atoms with E-state index in [1.807, 2.05) is 55.1 Å². The molecule has 1 aromatic heterocycles. The first-order valence-corrected chi connectivity index (χ1v) is 21.4. The number of aliphatic hydroxyl groups excluding tert-OH is 1. The van der Waals surface area contributed by atoms with Crippen molar-refractivity contribution in [2.24, 2.45) is 28.6 Å². The lowest BCUT2D eigenvalue weighted by Crippen LogP contribution is -2.59. The van der Waals surface area contributed by atoms with Crippen LogP contribution in [0.15, 0.2) is 72.3 Å². The van der Waals surface area contributed by atoms with Crippen LogP contribution < -0.4 is 5.32 Å². The van der Waals surface area contributed by atoms with Crippen molar-refractivity contribution in [1.82, 2.24) is 10.2 Å². The molecule has 54 heavy (non-hydrogen) atoms. The molecule has 8 atom stereocenters. The summed E-state index contributed by atoms with van der Waals surface area (Å²) in [5.41, 5.74) is 3.41. The number of nitrogens with zero attached hydrogens (tertiary/aromatic N) is 1. The van der Waals surface area contributed by atoms with Crippen LogP contribution in [0.25, 0.3) is 0 Å². The molecule has 2 aromatic carbocycles. The van der Waals surface area contributed by atoms with E-state index in [1.54, 1.807) is 0 Å². The van der Waals surface area contributed by atoms with Crippen molar-refractivity contribution in [3.8, 4) is 0 Å². The highest BCUT2D eigenvalue weighted by Gasteiger charge is 2.59. The molecule has 0 unspecified atom stereocenters. The Labute approximate surface area is 327 Å². The second-order valence-corrected chi connectivity index (χ2v) is 19.6. The minimum Gasteiger partial charge on any atom is -0.393 e. The van der Waals surface area contributed by atoms with E-state index in [2.05, 4.69) is 63.4 Å². The third-order valence-corrected chi connectivity index (χ3v) is 15.7. The molecule has 6 nitrogen and oxygen atoms in total. The number of carbonyl (C=O) groups is 2. The van der Waals surface area contributed by atoms with Gasteiger partial charge >= 0.3 is 6.03 Å². The topological polar surface area (TPSA) is 89.9 Å². The smallest absolute Gasteiger partial charge is 0.317 e. The third kappa shape index (κ3) is 7.50. The van der Waals surface area contributed by atoms with E-state index < -0.39 is 17.1 Å². The van der Waals surface area contributed by atoms with Crippen LogP contribution >= 0.6 is 11.3 Å². The first-order chi connectivity index (χ1) is 25.7. The van der Waals surface area contributed by atoms with Crippen LogP contribution in [0.5, 0.6) is 0 Å². The molecule has 4 saturated carbocycles. The van der Waals surface area contributed by atoms with Crippen LogP contribution in [-0.4, -0.2) is 51.7 Å². The number of urea groups is 1. The molecule has 290 valence electrons. The summed E-state index contributed by atoms with van der Waals surface area (Å²) in [4.78, 5) is 32.7. The van der Waals surface area contributed by atoms with Gasteiger partial charge in [-0.05, 0) is 149 Å². The highest BCUT2D eigenvalue weighted by molar-refractivity contribution is 7.14.